The van der Waals surface area contributed by atoms with Crippen molar-refractivity contribution in [1.82, 2.24) is 14.2 Å². The predicted octanol–water partition coefficient (Wildman–Crippen LogP) is 4.10. The topological polar surface area (TPSA) is 99.7 Å². The molecule has 11 heteroatoms. The second kappa shape index (κ2) is 10.3. The van der Waals surface area contributed by atoms with Gasteiger partial charge in [0.1, 0.15) is 6.04 Å². The summed E-state index contributed by atoms with van der Waals surface area (Å²) in [6.45, 7) is 5.86. The Morgan fingerprint density at radius 2 is 1.97 bits per heavy atom. The molecule has 0 spiro atoms. The third kappa shape index (κ3) is 5.09. The standard InChI is InChI=1S/C24H26Cl2N4O4S/c1-3-16-13-29(14-17-7-4-5-10-27-17)24(32)22-9-6-8-21(16)30(22)35(33,34)18-11-19(25)23(20(26)12-18)28-15(2)31/h3-5,7,10-12,16,21-22H,1,6,8-9,13-14H2,2H3,(H,28,31)/t16-,21-,22+/m1/s1. The van der Waals surface area contributed by atoms with Gasteiger partial charge in [0, 0.05) is 31.6 Å². The number of hydrogen-bond acceptors (Lipinski definition) is 5. The number of piperidine rings is 1. The van der Waals surface area contributed by atoms with Gasteiger partial charge in [-0.2, -0.15) is 4.31 Å². The van der Waals surface area contributed by atoms with Crippen LogP contribution in [0.5, 0.6) is 0 Å². The van der Waals surface area contributed by atoms with Crippen molar-refractivity contribution in [3.05, 3.63) is 64.9 Å². The average Bonchev–Trinajstić information content (AvgIpc) is 2.89. The van der Waals surface area contributed by atoms with Crippen molar-refractivity contribution in [1.29, 1.82) is 0 Å². The van der Waals surface area contributed by atoms with Gasteiger partial charge in [0.05, 0.1) is 32.9 Å². The number of fused-ring (bicyclic) bond motifs is 2. The Balaban J connectivity index is 1.75. The molecule has 2 aliphatic rings. The van der Waals surface area contributed by atoms with Gasteiger partial charge in [-0.25, -0.2) is 8.42 Å². The fourth-order valence-corrected chi connectivity index (χ4v) is 7.48. The summed E-state index contributed by atoms with van der Waals surface area (Å²) in [4.78, 5) is 31.0. The lowest BCUT2D eigenvalue weighted by Gasteiger charge is -2.40. The van der Waals surface area contributed by atoms with E-state index in [9.17, 15) is 18.0 Å². The first-order valence-corrected chi connectivity index (χ1v) is 13.4. The normalized spacial score (nSPS) is 23.0. The van der Waals surface area contributed by atoms with Gasteiger partial charge in [0.15, 0.2) is 0 Å². The van der Waals surface area contributed by atoms with Crippen LogP contribution in [0.25, 0.3) is 0 Å². The van der Waals surface area contributed by atoms with Crippen LogP contribution < -0.4 is 5.32 Å². The highest BCUT2D eigenvalue weighted by molar-refractivity contribution is 7.89. The fraction of sp³-hybridized carbons (Fsp3) is 0.375. The molecule has 0 radical (unpaired) electrons. The van der Waals surface area contributed by atoms with E-state index in [4.69, 9.17) is 23.2 Å². The van der Waals surface area contributed by atoms with Crippen LogP contribution in [0.4, 0.5) is 5.69 Å². The van der Waals surface area contributed by atoms with E-state index in [0.717, 1.165) is 12.1 Å². The van der Waals surface area contributed by atoms with E-state index in [2.05, 4.69) is 16.9 Å². The van der Waals surface area contributed by atoms with Gasteiger partial charge in [0.25, 0.3) is 0 Å². The third-order valence-electron chi connectivity index (χ3n) is 6.41. The molecule has 1 aromatic heterocycles. The number of benzene rings is 1. The second-order valence-electron chi connectivity index (χ2n) is 8.73. The predicted molar refractivity (Wildman–Crippen MR) is 135 cm³/mol. The molecule has 1 N–H and O–H groups in total. The summed E-state index contributed by atoms with van der Waals surface area (Å²) in [6, 6.07) is 6.70. The highest BCUT2D eigenvalue weighted by atomic mass is 35.5. The van der Waals surface area contributed by atoms with E-state index in [-0.39, 0.29) is 44.9 Å². The van der Waals surface area contributed by atoms with Gasteiger partial charge < -0.3 is 10.2 Å². The Morgan fingerprint density at radius 1 is 1.26 bits per heavy atom. The molecule has 3 atom stereocenters. The number of amides is 2. The molecule has 0 unspecified atom stereocenters. The van der Waals surface area contributed by atoms with Crippen molar-refractivity contribution >= 4 is 50.7 Å². The van der Waals surface area contributed by atoms with Gasteiger partial charge in [0.2, 0.25) is 21.8 Å². The van der Waals surface area contributed by atoms with E-state index < -0.39 is 22.1 Å². The van der Waals surface area contributed by atoms with Gasteiger partial charge in [-0.1, -0.05) is 35.3 Å². The molecule has 2 bridgehead atoms. The van der Waals surface area contributed by atoms with E-state index in [1.165, 1.54) is 23.4 Å². The van der Waals surface area contributed by atoms with Crippen molar-refractivity contribution in [2.45, 2.75) is 49.7 Å². The maximum absolute atomic E-state index is 14.0. The number of nitrogens with zero attached hydrogens (tertiary/aromatic N) is 3. The number of halogens is 2. The van der Waals surface area contributed by atoms with Gasteiger partial charge >= 0.3 is 0 Å². The first kappa shape index (κ1) is 25.6. The van der Waals surface area contributed by atoms with Crippen LogP contribution >= 0.6 is 23.2 Å². The highest BCUT2D eigenvalue weighted by Gasteiger charge is 2.49. The van der Waals surface area contributed by atoms with Crippen LogP contribution in [0.1, 0.15) is 31.9 Å². The number of carbonyl (C=O) groups excluding carboxylic acids is 2. The minimum absolute atomic E-state index is 0.00497. The Hall–Kier alpha value is -2.46. The monoisotopic (exact) mass is 536 g/mol. The Kier molecular flexibility index (Phi) is 7.51. The van der Waals surface area contributed by atoms with Crippen molar-refractivity contribution in [2.75, 3.05) is 11.9 Å². The molecule has 2 fully saturated rings. The summed E-state index contributed by atoms with van der Waals surface area (Å²) in [5.41, 5.74) is 0.860. The van der Waals surface area contributed by atoms with Gasteiger partial charge in [-0.3, -0.25) is 14.6 Å². The number of sulfonamides is 1. The number of carbonyl (C=O) groups is 2. The molecule has 35 heavy (non-hydrogen) atoms. The number of aromatic nitrogens is 1. The molecule has 2 aliphatic heterocycles. The summed E-state index contributed by atoms with van der Waals surface area (Å²) in [7, 11) is -4.17. The molecular formula is C24H26Cl2N4O4S. The molecule has 2 amide bonds. The molecule has 8 nitrogen and oxygen atoms in total. The minimum atomic E-state index is -4.17. The number of pyridine rings is 1. The third-order valence-corrected chi connectivity index (χ3v) is 8.92. The lowest BCUT2D eigenvalue weighted by molar-refractivity contribution is -0.135. The molecule has 186 valence electrons. The van der Waals surface area contributed by atoms with Gasteiger partial charge in [-0.15, -0.1) is 6.58 Å². The van der Waals surface area contributed by atoms with E-state index in [1.807, 2.05) is 12.1 Å². The molecule has 1 aromatic carbocycles. The maximum atomic E-state index is 14.0. The minimum Gasteiger partial charge on any atom is -0.335 e. The van der Waals surface area contributed by atoms with E-state index in [1.54, 1.807) is 23.2 Å². The molecule has 3 heterocycles. The summed E-state index contributed by atoms with van der Waals surface area (Å²) in [5.74, 6) is -0.924. The van der Waals surface area contributed by atoms with Crippen LogP contribution in [0.15, 0.2) is 54.1 Å². The van der Waals surface area contributed by atoms with Crippen LogP contribution in [0, 0.1) is 5.92 Å². The summed E-state index contributed by atoms with van der Waals surface area (Å²) < 4.78 is 29.3. The lowest BCUT2D eigenvalue weighted by Crippen LogP contribution is -2.54. The molecule has 2 saturated heterocycles. The number of nitrogens with one attached hydrogen (secondary N) is 1. The largest absolute Gasteiger partial charge is 0.335 e. The smallest absolute Gasteiger partial charge is 0.244 e. The quantitative estimate of drug-likeness (QED) is 0.560. The molecule has 4 rings (SSSR count). The van der Waals surface area contributed by atoms with Crippen molar-refractivity contribution in [3.8, 4) is 0 Å². The van der Waals surface area contributed by atoms with Crippen LogP contribution in [-0.2, 0) is 26.2 Å². The molecular weight excluding hydrogens is 511 g/mol. The first-order valence-electron chi connectivity index (χ1n) is 11.2. The molecule has 2 aromatic rings. The molecule has 0 aliphatic carbocycles. The van der Waals surface area contributed by atoms with Crippen LogP contribution in [0.2, 0.25) is 10.0 Å². The lowest BCUT2D eigenvalue weighted by atomic mass is 9.90. The average molecular weight is 537 g/mol. The van der Waals surface area contributed by atoms with Crippen LogP contribution in [-0.4, -0.2) is 53.0 Å². The van der Waals surface area contributed by atoms with Crippen LogP contribution in [0.3, 0.4) is 0 Å². The van der Waals surface area contributed by atoms with Gasteiger partial charge in [-0.05, 0) is 43.5 Å². The summed E-state index contributed by atoms with van der Waals surface area (Å²) >= 11 is 12.6. The first-order chi connectivity index (χ1) is 16.6. The second-order valence-corrected chi connectivity index (χ2v) is 11.4. The maximum Gasteiger partial charge on any atom is 0.244 e. The van der Waals surface area contributed by atoms with E-state index >= 15 is 0 Å². The zero-order valence-electron chi connectivity index (χ0n) is 19.2. The SMILES string of the molecule is C=C[C@@H]1CN(Cc2ccccn2)C(=O)[C@@H]2CCC[C@H]1N2S(=O)(=O)c1cc(Cl)c(NC(C)=O)c(Cl)c1. The van der Waals surface area contributed by atoms with Crippen molar-refractivity contribution in [2.24, 2.45) is 5.92 Å². The highest BCUT2D eigenvalue weighted by Crippen LogP contribution is 2.40. The van der Waals surface area contributed by atoms with E-state index in [0.29, 0.717) is 19.4 Å². The zero-order valence-corrected chi connectivity index (χ0v) is 21.5. The molecule has 0 saturated carbocycles. The van der Waals surface area contributed by atoms with Crippen molar-refractivity contribution < 1.29 is 18.0 Å². The Labute approximate surface area is 215 Å². The Bertz CT molecular complexity index is 1230. The number of hydrogen-bond donors (Lipinski definition) is 1. The zero-order chi connectivity index (χ0) is 25.3. The fourth-order valence-electron chi connectivity index (χ4n) is 4.84. The number of rotatable bonds is 6. The van der Waals surface area contributed by atoms with Crippen molar-refractivity contribution in [3.63, 3.8) is 0 Å². The Morgan fingerprint density at radius 3 is 2.57 bits per heavy atom. The summed E-state index contributed by atoms with van der Waals surface area (Å²) in [5, 5.41) is 2.50. The summed E-state index contributed by atoms with van der Waals surface area (Å²) in [6.07, 6.45) is 5.11. The number of anilines is 1.